The van der Waals surface area contributed by atoms with Crippen LogP contribution in [0.15, 0.2) is 0 Å². The topological polar surface area (TPSA) is 35.5 Å². The van der Waals surface area contributed by atoms with Gasteiger partial charge in [-0.15, -0.1) is 0 Å². The van der Waals surface area contributed by atoms with Crippen molar-refractivity contribution in [3.63, 3.8) is 0 Å². The Labute approximate surface area is 156 Å². The van der Waals surface area contributed by atoms with E-state index < -0.39 is 7.60 Å². The molecule has 0 aromatic carbocycles. The lowest BCUT2D eigenvalue weighted by Gasteiger charge is -2.41. The molecule has 0 unspecified atom stereocenters. The van der Waals surface area contributed by atoms with Crippen molar-refractivity contribution in [3.05, 3.63) is 0 Å². The summed E-state index contributed by atoms with van der Waals surface area (Å²) >= 11 is 0. The maximum Gasteiger partial charge on any atom is 0.328 e. The molecule has 0 spiro atoms. The van der Waals surface area contributed by atoms with Gasteiger partial charge in [0, 0.05) is 6.66 Å². The Morgan fingerprint density at radius 2 is 1.12 bits per heavy atom. The Hall–Kier alpha value is 0.150. The van der Waals surface area contributed by atoms with Crippen molar-refractivity contribution in [2.24, 2.45) is 35.5 Å². The highest BCUT2D eigenvalue weighted by atomic mass is 31.2. The van der Waals surface area contributed by atoms with Crippen LogP contribution in [0.1, 0.15) is 80.1 Å². The van der Waals surface area contributed by atoms with Crippen molar-refractivity contribution < 1.29 is 13.6 Å². The first kappa shape index (κ1) is 21.5. The highest BCUT2D eigenvalue weighted by Crippen LogP contribution is 2.53. The van der Waals surface area contributed by atoms with E-state index in [0.29, 0.717) is 35.5 Å². The van der Waals surface area contributed by atoms with Gasteiger partial charge in [0.15, 0.2) is 0 Å². The van der Waals surface area contributed by atoms with Crippen molar-refractivity contribution >= 4 is 7.60 Å². The molecule has 3 nitrogen and oxygen atoms in total. The Balaban J connectivity index is 2.04. The average Bonchev–Trinajstić information content (AvgIpc) is 2.45. The SMILES string of the molecule is CC(C)[C@@H]1CC[C@@H](C)C[C@H]1OP(C)(=O)O[C@@H]1C[C@H](C)CC[C@H]1C(C)C. The molecule has 25 heavy (non-hydrogen) atoms. The predicted molar refractivity (Wildman–Crippen MR) is 106 cm³/mol. The average molecular weight is 373 g/mol. The van der Waals surface area contributed by atoms with Gasteiger partial charge in [0.1, 0.15) is 0 Å². The quantitative estimate of drug-likeness (QED) is 0.483. The highest BCUT2D eigenvalue weighted by Gasteiger charge is 2.39. The van der Waals surface area contributed by atoms with E-state index in [2.05, 4.69) is 41.5 Å². The molecule has 2 fully saturated rings. The molecule has 0 bridgehead atoms. The molecule has 2 saturated carbocycles. The lowest BCUT2D eigenvalue weighted by Crippen LogP contribution is -2.36. The number of hydrogen-bond donors (Lipinski definition) is 0. The summed E-state index contributed by atoms with van der Waals surface area (Å²) < 4.78 is 25.7. The van der Waals surface area contributed by atoms with E-state index >= 15 is 0 Å². The standard InChI is InChI=1S/C21H41O3P/c1-14(2)18-10-8-16(5)12-20(18)23-25(7,22)24-21-13-17(6)9-11-19(21)15(3)4/h14-21H,8-13H2,1-7H3/t16-,17-,18+,19+,20-,21-/m1/s1. The van der Waals surface area contributed by atoms with Crippen molar-refractivity contribution in [1.82, 2.24) is 0 Å². The van der Waals surface area contributed by atoms with Crippen molar-refractivity contribution in [2.45, 2.75) is 92.3 Å². The number of rotatable bonds is 6. The fourth-order valence-electron chi connectivity index (χ4n) is 4.99. The third-order valence-electron chi connectivity index (χ3n) is 6.58. The molecule has 4 heteroatoms. The van der Waals surface area contributed by atoms with Gasteiger partial charge in [-0.3, -0.25) is 4.57 Å². The summed E-state index contributed by atoms with van der Waals surface area (Å²) in [6, 6.07) is 0. The third kappa shape index (κ3) is 6.08. The van der Waals surface area contributed by atoms with E-state index in [1.54, 1.807) is 6.66 Å². The van der Waals surface area contributed by atoms with Gasteiger partial charge in [0.25, 0.3) is 0 Å². The van der Waals surface area contributed by atoms with Crippen LogP contribution >= 0.6 is 7.60 Å². The van der Waals surface area contributed by atoms with E-state index in [1.807, 2.05) is 0 Å². The number of hydrogen-bond acceptors (Lipinski definition) is 3. The van der Waals surface area contributed by atoms with Gasteiger partial charge >= 0.3 is 7.60 Å². The van der Waals surface area contributed by atoms with Gasteiger partial charge < -0.3 is 9.05 Å². The van der Waals surface area contributed by atoms with E-state index in [-0.39, 0.29) is 12.2 Å². The minimum atomic E-state index is -3.04. The second-order valence-corrected chi connectivity index (χ2v) is 11.7. The van der Waals surface area contributed by atoms with Crippen LogP contribution < -0.4 is 0 Å². The molecule has 0 N–H and O–H groups in total. The molecule has 0 aliphatic heterocycles. The molecule has 0 saturated heterocycles. The zero-order valence-electron chi connectivity index (χ0n) is 17.5. The van der Waals surface area contributed by atoms with E-state index in [4.69, 9.17) is 9.05 Å². The molecule has 0 aromatic heterocycles. The zero-order chi connectivity index (χ0) is 18.8. The Kier molecular flexibility index (Phi) is 7.63. The van der Waals surface area contributed by atoms with E-state index in [9.17, 15) is 4.57 Å². The van der Waals surface area contributed by atoms with Gasteiger partial charge in [-0.2, -0.15) is 0 Å². The molecule has 2 aliphatic rings. The lowest BCUT2D eigenvalue weighted by atomic mass is 9.75. The Morgan fingerprint density at radius 3 is 1.44 bits per heavy atom. The molecule has 2 rings (SSSR count). The molecule has 148 valence electrons. The first-order valence-electron chi connectivity index (χ1n) is 10.5. The van der Waals surface area contributed by atoms with E-state index in [1.165, 1.54) is 25.7 Å². The molecular weight excluding hydrogens is 331 g/mol. The van der Waals surface area contributed by atoms with Gasteiger partial charge in [0.05, 0.1) is 12.2 Å². The Bertz CT molecular complexity index is 424. The maximum atomic E-state index is 13.3. The smallest absolute Gasteiger partial charge is 0.305 e. The molecular formula is C21H41O3P. The highest BCUT2D eigenvalue weighted by molar-refractivity contribution is 7.53. The molecule has 0 amide bonds. The van der Waals surface area contributed by atoms with Crippen molar-refractivity contribution in [2.75, 3.05) is 6.66 Å². The normalized spacial score (nSPS) is 37.6. The van der Waals surface area contributed by atoms with Crippen molar-refractivity contribution in [3.8, 4) is 0 Å². The fourth-order valence-corrected chi connectivity index (χ4v) is 6.51. The first-order chi connectivity index (χ1) is 11.6. The maximum absolute atomic E-state index is 13.3. The summed E-state index contributed by atoms with van der Waals surface area (Å²) in [5, 5.41) is 0. The minimum Gasteiger partial charge on any atom is -0.305 e. The van der Waals surface area contributed by atoms with Gasteiger partial charge in [0.2, 0.25) is 0 Å². The second-order valence-electron chi connectivity index (χ2n) is 9.71. The summed E-state index contributed by atoms with van der Waals surface area (Å²) in [7, 11) is -3.04. The monoisotopic (exact) mass is 372 g/mol. The van der Waals surface area contributed by atoms with Crippen LogP contribution in [-0.4, -0.2) is 18.9 Å². The van der Waals surface area contributed by atoms with Gasteiger partial charge in [-0.1, -0.05) is 54.4 Å². The predicted octanol–water partition coefficient (Wildman–Crippen LogP) is 6.76. The zero-order valence-corrected chi connectivity index (χ0v) is 18.4. The molecule has 6 atom stereocenters. The van der Waals surface area contributed by atoms with E-state index in [0.717, 1.165) is 12.8 Å². The van der Waals surface area contributed by atoms with Gasteiger partial charge in [-0.25, -0.2) is 0 Å². The molecule has 0 heterocycles. The lowest BCUT2D eigenvalue weighted by molar-refractivity contribution is -0.00178. The second kappa shape index (κ2) is 8.89. The summed E-state index contributed by atoms with van der Waals surface area (Å²) in [5.41, 5.74) is 0. The first-order valence-corrected chi connectivity index (χ1v) is 12.5. The molecule has 2 aliphatic carbocycles. The summed E-state index contributed by atoms with van der Waals surface area (Å²) in [6.07, 6.45) is 7.06. The van der Waals surface area contributed by atoms with Crippen LogP contribution in [-0.2, 0) is 13.6 Å². The third-order valence-corrected chi connectivity index (χ3v) is 7.88. The van der Waals surface area contributed by atoms with Crippen LogP contribution in [0.4, 0.5) is 0 Å². The van der Waals surface area contributed by atoms with Crippen LogP contribution in [0.5, 0.6) is 0 Å². The summed E-state index contributed by atoms with van der Waals surface area (Å²) in [6.45, 7) is 15.3. The summed E-state index contributed by atoms with van der Waals surface area (Å²) in [5.74, 6) is 3.43. The molecule has 0 radical (unpaired) electrons. The van der Waals surface area contributed by atoms with Crippen LogP contribution in [0, 0.1) is 35.5 Å². The van der Waals surface area contributed by atoms with Crippen LogP contribution in [0.3, 0.4) is 0 Å². The van der Waals surface area contributed by atoms with Gasteiger partial charge in [-0.05, 0) is 61.2 Å². The summed E-state index contributed by atoms with van der Waals surface area (Å²) in [4.78, 5) is 0. The van der Waals surface area contributed by atoms with Crippen molar-refractivity contribution in [1.29, 1.82) is 0 Å². The minimum absolute atomic E-state index is 0.0816. The fraction of sp³-hybridized carbons (Fsp3) is 1.00. The Morgan fingerprint density at radius 1 is 0.760 bits per heavy atom. The largest absolute Gasteiger partial charge is 0.328 e. The van der Waals surface area contributed by atoms with Crippen LogP contribution in [0.25, 0.3) is 0 Å². The van der Waals surface area contributed by atoms with Crippen LogP contribution in [0.2, 0.25) is 0 Å². The molecule has 0 aromatic rings.